The van der Waals surface area contributed by atoms with Crippen LogP contribution in [-0.2, 0) is 22.4 Å². The van der Waals surface area contributed by atoms with Crippen LogP contribution in [0.2, 0.25) is 0 Å². The smallest absolute Gasteiger partial charge is 0.319 e. The summed E-state index contributed by atoms with van der Waals surface area (Å²) in [5.74, 6) is -1.41. The van der Waals surface area contributed by atoms with E-state index >= 15 is 0 Å². The second kappa shape index (κ2) is 4.85. The second-order valence-electron chi connectivity index (χ2n) is 4.83. The van der Waals surface area contributed by atoms with E-state index in [2.05, 4.69) is 15.9 Å². The van der Waals surface area contributed by atoms with Gasteiger partial charge in [0.05, 0.1) is 6.61 Å². The van der Waals surface area contributed by atoms with Gasteiger partial charge < -0.3 is 15.6 Å². The fourth-order valence-electron chi connectivity index (χ4n) is 2.13. The monoisotopic (exact) mass is 327 g/mol. The number of rotatable bonds is 4. The van der Waals surface area contributed by atoms with Crippen molar-refractivity contribution in [2.75, 3.05) is 6.61 Å². The Hall–Kier alpha value is -1.56. The van der Waals surface area contributed by atoms with Crippen LogP contribution >= 0.6 is 15.9 Å². The number of hydrogen-bond donors (Lipinski definition) is 2. The van der Waals surface area contributed by atoms with Gasteiger partial charge in [-0.15, -0.1) is 0 Å². The molecule has 3 N–H and O–H groups in total. The molecule has 1 amide bonds. The van der Waals surface area contributed by atoms with E-state index in [1.807, 2.05) is 6.07 Å². The standard InChI is InChI=1S/C13H14BrNO4/c1-13(11(15)16,12(17)18)6-8-5-9(14)4-7-2-3-19-10(7)8/h4-5H,2-3,6H2,1H3,(H2,15,16)(H,17,18). The summed E-state index contributed by atoms with van der Waals surface area (Å²) in [6.07, 6.45) is 0.793. The summed E-state index contributed by atoms with van der Waals surface area (Å²) in [4.78, 5) is 22.7. The van der Waals surface area contributed by atoms with E-state index < -0.39 is 17.3 Å². The summed E-state index contributed by atoms with van der Waals surface area (Å²) in [6.45, 7) is 1.90. The number of ether oxygens (including phenoxy) is 1. The zero-order valence-electron chi connectivity index (χ0n) is 10.4. The molecule has 5 nitrogen and oxygen atoms in total. The molecule has 0 saturated carbocycles. The molecule has 1 aromatic carbocycles. The minimum absolute atomic E-state index is 0.0133. The van der Waals surface area contributed by atoms with E-state index in [4.69, 9.17) is 10.5 Å². The maximum absolute atomic E-state index is 11.4. The van der Waals surface area contributed by atoms with Crippen LogP contribution in [-0.4, -0.2) is 23.6 Å². The number of carbonyl (C=O) groups excluding carboxylic acids is 1. The number of carbonyl (C=O) groups is 2. The Morgan fingerprint density at radius 1 is 1.53 bits per heavy atom. The Bertz CT molecular complexity index is 542. The zero-order chi connectivity index (χ0) is 14.2. The van der Waals surface area contributed by atoms with Crippen molar-refractivity contribution in [1.29, 1.82) is 0 Å². The van der Waals surface area contributed by atoms with Gasteiger partial charge in [-0.2, -0.15) is 0 Å². The normalized spacial score (nSPS) is 16.3. The van der Waals surface area contributed by atoms with Crippen molar-refractivity contribution in [1.82, 2.24) is 0 Å². The van der Waals surface area contributed by atoms with Gasteiger partial charge in [0, 0.05) is 17.3 Å². The van der Waals surface area contributed by atoms with Crippen LogP contribution in [0.3, 0.4) is 0 Å². The van der Waals surface area contributed by atoms with Gasteiger partial charge in [0.2, 0.25) is 5.91 Å². The fraction of sp³-hybridized carbons (Fsp3) is 0.385. The molecule has 0 bridgehead atoms. The van der Waals surface area contributed by atoms with Gasteiger partial charge >= 0.3 is 5.97 Å². The van der Waals surface area contributed by atoms with E-state index in [9.17, 15) is 14.7 Å². The maximum Gasteiger partial charge on any atom is 0.319 e. The molecule has 0 fully saturated rings. The lowest BCUT2D eigenvalue weighted by Crippen LogP contribution is -2.43. The number of fused-ring (bicyclic) bond motifs is 1. The van der Waals surface area contributed by atoms with Crippen molar-refractivity contribution >= 4 is 27.8 Å². The van der Waals surface area contributed by atoms with Gasteiger partial charge in [-0.3, -0.25) is 9.59 Å². The zero-order valence-corrected chi connectivity index (χ0v) is 12.0. The largest absolute Gasteiger partial charge is 0.493 e. The molecule has 2 rings (SSSR count). The van der Waals surface area contributed by atoms with Crippen LogP contribution in [0.4, 0.5) is 0 Å². The third-order valence-electron chi connectivity index (χ3n) is 3.39. The predicted molar refractivity (Wildman–Crippen MR) is 72.0 cm³/mol. The molecule has 1 aliphatic heterocycles. The molecule has 0 aromatic heterocycles. The number of aliphatic carboxylic acids is 1. The Morgan fingerprint density at radius 2 is 2.21 bits per heavy atom. The number of benzene rings is 1. The van der Waals surface area contributed by atoms with Crippen molar-refractivity contribution in [3.05, 3.63) is 27.7 Å². The number of halogens is 1. The summed E-state index contributed by atoms with van der Waals surface area (Å²) in [7, 11) is 0. The van der Waals surface area contributed by atoms with Gasteiger partial charge in [-0.05, 0) is 30.2 Å². The highest BCUT2D eigenvalue weighted by Gasteiger charge is 2.41. The summed E-state index contributed by atoms with van der Waals surface area (Å²) in [5, 5.41) is 9.23. The highest BCUT2D eigenvalue weighted by molar-refractivity contribution is 9.10. The molecule has 1 aliphatic rings. The quantitative estimate of drug-likeness (QED) is 0.820. The minimum Gasteiger partial charge on any atom is -0.493 e. The van der Waals surface area contributed by atoms with E-state index in [0.717, 1.165) is 16.5 Å². The summed E-state index contributed by atoms with van der Waals surface area (Å²) >= 11 is 3.38. The molecule has 6 heteroatoms. The first-order valence-electron chi connectivity index (χ1n) is 5.82. The van der Waals surface area contributed by atoms with Gasteiger partial charge in [0.15, 0.2) is 0 Å². The summed E-state index contributed by atoms with van der Waals surface area (Å²) in [6, 6.07) is 3.71. The number of primary amides is 1. The molecule has 1 atom stereocenters. The number of nitrogens with two attached hydrogens (primary N) is 1. The van der Waals surface area contributed by atoms with Crippen molar-refractivity contribution < 1.29 is 19.4 Å². The third-order valence-corrected chi connectivity index (χ3v) is 3.84. The van der Waals surface area contributed by atoms with Crippen LogP contribution < -0.4 is 10.5 Å². The fourth-order valence-corrected chi connectivity index (χ4v) is 2.68. The average Bonchev–Trinajstić information content (AvgIpc) is 2.76. The lowest BCUT2D eigenvalue weighted by molar-refractivity contribution is -0.153. The van der Waals surface area contributed by atoms with Gasteiger partial charge in [-0.1, -0.05) is 15.9 Å². The predicted octanol–water partition coefficient (Wildman–Crippen LogP) is 1.50. The maximum atomic E-state index is 11.4. The lowest BCUT2D eigenvalue weighted by atomic mass is 9.82. The Balaban J connectivity index is 2.44. The first-order chi connectivity index (χ1) is 8.84. The van der Waals surface area contributed by atoms with Crippen LogP contribution in [0.1, 0.15) is 18.1 Å². The van der Waals surface area contributed by atoms with E-state index in [-0.39, 0.29) is 6.42 Å². The van der Waals surface area contributed by atoms with Crippen molar-refractivity contribution in [3.63, 3.8) is 0 Å². The van der Waals surface area contributed by atoms with Crippen LogP contribution in [0.15, 0.2) is 16.6 Å². The third kappa shape index (κ3) is 2.45. The Labute approximate surface area is 118 Å². The SMILES string of the molecule is CC(Cc1cc(Br)cc2c1OCC2)(C(N)=O)C(=O)O. The highest BCUT2D eigenvalue weighted by Crippen LogP contribution is 2.36. The van der Waals surface area contributed by atoms with Gasteiger partial charge in [0.25, 0.3) is 0 Å². The van der Waals surface area contributed by atoms with Crippen LogP contribution in [0, 0.1) is 5.41 Å². The molecular weight excluding hydrogens is 314 g/mol. The Kier molecular flexibility index (Phi) is 3.54. The van der Waals surface area contributed by atoms with Crippen LogP contribution in [0.25, 0.3) is 0 Å². The van der Waals surface area contributed by atoms with E-state index in [0.29, 0.717) is 17.9 Å². The molecule has 19 heavy (non-hydrogen) atoms. The van der Waals surface area contributed by atoms with Crippen molar-refractivity contribution in [2.45, 2.75) is 19.8 Å². The number of carboxylic acid groups (broad SMARTS) is 1. The number of hydrogen-bond acceptors (Lipinski definition) is 3. The molecule has 0 spiro atoms. The Morgan fingerprint density at radius 3 is 2.79 bits per heavy atom. The van der Waals surface area contributed by atoms with Crippen molar-refractivity contribution in [3.8, 4) is 5.75 Å². The lowest BCUT2D eigenvalue weighted by Gasteiger charge is -2.22. The van der Waals surface area contributed by atoms with Gasteiger partial charge in [-0.25, -0.2) is 0 Å². The molecular formula is C13H14BrNO4. The highest BCUT2D eigenvalue weighted by atomic mass is 79.9. The molecule has 1 heterocycles. The molecule has 0 radical (unpaired) electrons. The van der Waals surface area contributed by atoms with Crippen LogP contribution in [0.5, 0.6) is 5.75 Å². The average molecular weight is 328 g/mol. The van der Waals surface area contributed by atoms with E-state index in [1.54, 1.807) is 6.07 Å². The number of carboxylic acids is 1. The molecule has 1 unspecified atom stereocenters. The molecule has 0 aliphatic carbocycles. The summed E-state index contributed by atoms with van der Waals surface area (Å²) in [5.41, 5.74) is 5.29. The van der Waals surface area contributed by atoms with E-state index in [1.165, 1.54) is 6.92 Å². The van der Waals surface area contributed by atoms with Crippen molar-refractivity contribution in [2.24, 2.45) is 11.1 Å². The first-order valence-corrected chi connectivity index (χ1v) is 6.61. The molecule has 1 aromatic rings. The number of amides is 1. The first kappa shape index (κ1) is 13.9. The summed E-state index contributed by atoms with van der Waals surface area (Å²) < 4.78 is 6.36. The topological polar surface area (TPSA) is 89.6 Å². The van der Waals surface area contributed by atoms with Gasteiger partial charge in [0.1, 0.15) is 11.2 Å². The second-order valence-corrected chi connectivity index (χ2v) is 5.75. The molecule has 0 saturated heterocycles. The minimum atomic E-state index is -1.64. The molecule has 102 valence electrons.